The fourth-order valence-electron chi connectivity index (χ4n) is 1.50. The van der Waals surface area contributed by atoms with Crippen LogP contribution in [0.5, 0.6) is 0 Å². The highest BCUT2D eigenvalue weighted by molar-refractivity contribution is 7.92. The van der Waals surface area contributed by atoms with Crippen molar-refractivity contribution in [3.63, 3.8) is 0 Å². The number of carbonyl (C=O) groups excluding carboxylic acids is 1. The fourth-order valence-corrected chi connectivity index (χ4v) is 2.12. The molecule has 1 aromatic carbocycles. The number of benzene rings is 1. The number of rotatable bonds is 5. The molecule has 0 saturated heterocycles. The van der Waals surface area contributed by atoms with Gasteiger partial charge in [-0.25, -0.2) is 8.42 Å². The first-order valence-corrected chi connectivity index (χ1v) is 8.14. The van der Waals surface area contributed by atoms with Gasteiger partial charge in [0, 0.05) is 11.7 Å². The monoisotopic (exact) mass is 335 g/mol. The Morgan fingerprint density at radius 2 is 1.86 bits per heavy atom. The Morgan fingerprint density at radius 1 is 1.29 bits per heavy atom. The molecule has 0 heterocycles. The molecular formula is C13H22ClN3O3S. The van der Waals surface area contributed by atoms with E-state index in [0.717, 1.165) is 11.8 Å². The fraction of sp³-hybridized carbons (Fsp3) is 0.462. The molecule has 2 atom stereocenters. The van der Waals surface area contributed by atoms with Crippen LogP contribution in [-0.4, -0.2) is 26.6 Å². The van der Waals surface area contributed by atoms with Gasteiger partial charge in [-0.15, -0.1) is 12.4 Å². The molecule has 0 aliphatic rings. The Kier molecular flexibility index (Phi) is 7.15. The minimum atomic E-state index is -3.36. The number of amides is 1. The number of nitrogens with one attached hydrogen (secondary N) is 2. The van der Waals surface area contributed by atoms with Crippen molar-refractivity contribution >= 4 is 39.7 Å². The van der Waals surface area contributed by atoms with Crippen LogP contribution in [0, 0.1) is 12.8 Å². The number of halogens is 1. The van der Waals surface area contributed by atoms with Crippen molar-refractivity contribution in [3.05, 3.63) is 23.8 Å². The highest BCUT2D eigenvalue weighted by Crippen LogP contribution is 2.21. The SMILES string of the molecule is Cc1ccc(NC(=O)C(C)C(C)N)cc1NS(C)(=O)=O.Cl. The van der Waals surface area contributed by atoms with Crippen LogP contribution < -0.4 is 15.8 Å². The molecule has 0 radical (unpaired) electrons. The summed E-state index contributed by atoms with van der Waals surface area (Å²) in [5.41, 5.74) is 7.42. The Morgan fingerprint density at radius 3 is 2.33 bits per heavy atom. The van der Waals surface area contributed by atoms with Gasteiger partial charge in [-0.1, -0.05) is 13.0 Å². The van der Waals surface area contributed by atoms with E-state index in [1.807, 2.05) is 0 Å². The second-order valence-electron chi connectivity index (χ2n) is 5.04. The molecule has 1 amide bonds. The second-order valence-corrected chi connectivity index (χ2v) is 6.79. The molecule has 6 nitrogen and oxygen atoms in total. The average Bonchev–Trinajstić information content (AvgIpc) is 2.30. The van der Waals surface area contributed by atoms with Crippen LogP contribution in [0.1, 0.15) is 19.4 Å². The van der Waals surface area contributed by atoms with Crippen LogP contribution in [0.4, 0.5) is 11.4 Å². The zero-order valence-corrected chi connectivity index (χ0v) is 14.1. The van der Waals surface area contributed by atoms with E-state index in [4.69, 9.17) is 5.73 Å². The maximum absolute atomic E-state index is 11.9. The summed E-state index contributed by atoms with van der Waals surface area (Å²) in [5, 5.41) is 2.72. The summed E-state index contributed by atoms with van der Waals surface area (Å²) in [6.45, 7) is 5.28. The van der Waals surface area contributed by atoms with Gasteiger partial charge in [0.1, 0.15) is 0 Å². The van der Waals surface area contributed by atoms with E-state index >= 15 is 0 Å². The van der Waals surface area contributed by atoms with Crippen molar-refractivity contribution in [3.8, 4) is 0 Å². The zero-order valence-electron chi connectivity index (χ0n) is 12.5. The average molecular weight is 336 g/mol. The first kappa shape index (κ1) is 19.7. The van der Waals surface area contributed by atoms with Gasteiger partial charge in [0.2, 0.25) is 15.9 Å². The standard InChI is InChI=1S/C13H21N3O3S.ClH/c1-8-5-6-11(7-12(8)16-20(4,18)19)15-13(17)9(2)10(3)14;/h5-7,9-10,16H,14H2,1-4H3,(H,15,17);1H. The zero-order chi connectivity index (χ0) is 15.5. The smallest absolute Gasteiger partial charge is 0.229 e. The molecule has 1 aromatic rings. The van der Waals surface area contributed by atoms with Gasteiger partial charge in [0.15, 0.2) is 0 Å². The molecule has 120 valence electrons. The maximum atomic E-state index is 11.9. The summed E-state index contributed by atoms with van der Waals surface area (Å²) in [5.74, 6) is -0.531. The highest BCUT2D eigenvalue weighted by atomic mass is 35.5. The Labute approximate surface area is 132 Å². The van der Waals surface area contributed by atoms with Crippen molar-refractivity contribution in [1.29, 1.82) is 0 Å². The third-order valence-electron chi connectivity index (χ3n) is 3.00. The normalized spacial score (nSPS) is 13.8. The third kappa shape index (κ3) is 6.33. The van der Waals surface area contributed by atoms with E-state index < -0.39 is 10.0 Å². The molecule has 0 fully saturated rings. The molecular weight excluding hydrogens is 314 g/mol. The number of hydrogen-bond donors (Lipinski definition) is 3. The van der Waals surface area contributed by atoms with E-state index in [-0.39, 0.29) is 30.3 Å². The lowest BCUT2D eigenvalue weighted by Crippen LogP contribution is -2.34. The van der Waals surface area contributed by atoms with Crippen molar-refractivity contribution < 1.29 is 13.2 Å². The molecule has 0 bridgehead atoms. The molecule has 4 N–H and O–H groups in total. The summed E-state index contributed by atoms with van der Waals surface area (Å²) < 4.78 is 24.9. The van der Waals surface area contributed by atoms with Crippen LogP contribution in [0.15, 0.2) is 18.2 Å². The van der Waals surface area contributed by atoms with Crippen LogP contribution in [0.25, 0.3) is 0 Å². The van der Waals surface area contributed by atoms with Crippen molar-refractivity contribution in [2.24, 2.45) is 11.7 Å². The predicted molar refractivity (Wildman–Crippen MR) is 88.3 cm³/mol. The lowest BCUT2D eigenvalue weighted by Gasteiger charge is -2.16. The quantitative estimate of drug-likeness (QED) is 0.762. The van der Waals surface area contributed by atoms with Gasteiger partial charge in [-0.3, -0.25) is 9.52 Å². The number of sulfonamides is 1. The van der Waals surface area contributed by atoms with Gasteiger partial charge in [-0.05, 0) is 31.5 Å². The topological polar surface area (TPSA) is 101 Å². The minimum Gasteiger partial charge on any atom is -0.327 e. The van der Waals surface area contributed by atoms with Crippen LogP contribution in [-0.2, 0) is 14.8 Å². The van der Waals surface area contributed by atoms with Crippen molar-refractivity contribution in [1.82, 2.24) is 0 Å². The molecule has 0 spiro atoms. The van der Waals surface area contributed by atoms with E-state index in [2.05, 4.69) is 10.0 Å². The Hall–Kier alpha value is -1.31. The summed E-state index contributed by atoms with van der Waals surface area (Å²) in [6, 6.07) is 4.78. The molecule has 0 saturated carbocycles. The van der Waals surface area contributed by atoms with Gasteiger partial charge >= 0.3 is 0 Å². The van der Waals surface area contributed by atoms with Crippen molar-refractivity contribution in [2.75, 3.05) is 16.3 Å². The van der Waals surface area contributed by atoms with Gasteiger partial charge in [-0.2, -0.15) is 0 Å². The Balaban J connectivity index is 0.00000400. The van der Waals surface area contributed by atoms with Gasteiger partial charge < -0.3 is 11.1 Å². The Bertz CT molecular complexity index is 603. The third-order valence-corrected chi connectivity index (χ3v) is 3.59. The number of aryl methyl sites for hydroxylation is 1. The summed E-state index contributed by atoms with van der Waals surface area (Å²) in [6.07, 6.45) is 1.08. The molecule has 0 aromatic heterocycles. The van der Waals surface area contributed by atoms with Crippen LogP contribution >= 0.6 is 12.4 Å². The highest BCUT2D eigenvalue weighted by Gasteiger charge is 2.17. The molecule has 21 heavy (non-hydrogen) atoms. The molecule has 1 rings (SSSR count). The van der Waals surface area contributed by atoms with Crippen LogP contribution in [0.3, 0.4) is 0 Å². The molecule has 2 unspecified atom stereocenters. The molecule has 0 aliphatic heterocycles. The number of nitrogens with two attached hydrogens (primary N) is 1. The van der Waals surface area contributed by atoms with E-state index in [1.54, 1.807) is 39.0 Å². The van der Waals surface area contributed by atoms with Gasteiger partial charge in [0.05, 0.1) is 17.9 Å². The summed E-state index contributed by atoms with van der Waals surface area (Å²) in [4.78, 5) is 11.9. The van der Waals surface area contributed by atoms with Gasteiger partial charge in [0.25, 0.3) is 0 Å². The summed E-state index contributed by atoms with van der Waals surface area (Å²) in [7, 11) is -3.36. The van der Waals surface area contributed by atoms with Crippen LogP contribution in [0.2, 0.25) is 0 Å². The summed E-state index contributed by atoms with van der Waals surface area (Å²) >= 11 is 0. The van der Waals surface area contributed by atoms with E-state index in [9.17, 15) is 13.2 Å². The maximum Gasteiger partial charge on any atom is 0.229 e. The molecule has 0 aliphatic carbocycles. The number of carbonyl (C=O) groups is 1. The largest absolute Gasteiger partial charge is 0.327 e. The predicted octanol–water partition coefficient (Wildman–Crippen LogP) is 1.71. The molecule has 8 heteroatoms. The first-order chi connectivity index (χ1) is 9.10. The number of anilines is 2. The lowest BCUT2D eigenvalue weighted by atomic mass is 10.0. The van der Waals surface area contributed by atoms with E-state index in [0.29, 0.717) is 11.4 Å². The van der Waals surface area contributed by atoms with E-state index in [1.165, 1.54) is 0 Å². The van der Waals surface area contributed by atoms with Crippen molar-refractivity contribution in [2.45, 2.75) is 26.8 Å². The second kappa shape index (κ2) is 7.63. The first-order valence-electron chi connectivity index (χ1n) is 6.25. The number of hydrogen-bond acceptors (Lipinski definition) is 4. The minimum absolute atomic E-state index is 0. The lowest BCUT2D eigenvalue weighted by molar-refractivity contribution is -0.119.